The molecule has 0 atom stereocenters. The van der Waals surface area contributed by atoms with E-state index in [2.05, 4.69) is 5.32 Å². The Morgan fingerprint density at radius 1 is 1.33 bits per heavy atom. The first kappa shape index (κ1) is 14.8. The van der Waals surface area contributed by atoms with Crippen LogP contribution in [0.25, 0.3) is 0 Å². The quantitative estimate of drug-likeness (QED) is 0.797. The van der Waals surface area contributed by atoms with E-state index >= 15 is 0 Å². The molecule has 0 saturated heterocycles. The molecule has 0 radical (unpaired) electrons. The van der Waals surface area contributed by atoms with Gasteiger partial charge >= 0.3 is 0 Å². The van der Waals surface area contributed by atoms with Gasteiger partial charge in [-0.2, -0.15) is 0 Å². The fraction of sp³-hybridized carbons (Fsp3) is 0.500. The van der Waals surface area contributed by atoms with E-state index in [0.29, 0.717) is 18.0 Å². The van der Waals surface area contributed by atoms with Crippen molar-refractivity contribution in [3.63, 3.8) is 0 Å². The van der Waals surface area contributed by atoms with Crippen molar-refractivity contribution in [3.05, 3.63) is 23.8 Å². The number of nitrogens with one attached hydrogen (secondary N) is 1. The lowest BCUT2D eigenvalue weighted by atomic mass is 10.2. The molecule has 6 heteroatoms. The molecule has 0 fully saturated rings. The van der Waals surface area contributed by atoms with Gasteiger partial charge in [0.05, 0.1) is 12.9 Å². The molecule has 0 aliphatic rings. The van der Waals surface area contributed by atoms with Crippen LogP contribution in [0, 0.1) is 0 Å². The molecule has 0 unspecified atom stereocenters. The summed E-state index contributed by atoms with van der Waals surface area (Å²) in [5.41, 5.74) is 0.965. The van der Waals surface area contributed by atoms with Crippen molar-refractivity contribution in [1.29, 1.82) is 0 Å². The minimum atomic E-state index is -3.01. The molecule has 1 aromatic carbocycles. The fourth-order valence-electron chi connectivity index (χ4n) is 1.44. The van der Waals surface area contributed by atoms with Crippen LogP contribution in [-0.4, -0.2) is 41.2 Å². The van der Waals surface area contributed by atoms with Crippen LogP contribution < -0.4 is 14.8 Å². The zero-order valence-electron chi connectivity index (χ0n) is 10.9. The molecule has 1 rings (SSSR count). The largest absolute Gasteiger partial charge is 0.497 e. The first-order chi connectivity index (χ1) is 8.46. The van der Waals surface area contributed by atoms with E-state index in [9.17, 15) is 8.42 Å². The van der Waals surface area contributed by atoms with Crippen LogP contribution in [-0.2, 0) is 16.4 Å². The third-order valence-electron chi connectivity index (χ3n) is 2.35. The first-order valence-corrected chi connectivity index (χ1v) is 7.64. The summed E-state index contributed by atoms with van der Waals surface area (Å²) < 4.78 is 32.7. The lowest BCUT2D eigenvalue weighted by molar-refractivity contribution is 0.332. The number of sulfone groups is 1. The Kier molecular flexibility index (Phi) is 5.43. The van der Waals surface area contributed by atoms with Crippen LogP contribution in [0.2, 0.25) is 0 Å². The topological polar surface area (TPSA) is 64.6 Å². The summed E-state index contributed by atoms with van der Waals surface area (Å²) in [4.78, 5) is 0. The monoisotopic (exact) mass is 273 g/mol. The molecule has 0 aliphatic carbocycles. The van der Waals surface area contributed by atoms with Gasteiger partial charge in [-0.3, -0.25) is 0 Å². The maximum Gasteiger partial charge on any atom is 0.150 e. The van der Waals surface area contributed by atoms with Gasteiger partial charge in [-0.15, -0.1) is 0 Å². The van der Waals surface area contributed by atoms with Crippen molar-refractivity contribution in [2.75, 3.05) is 32.8 Å². The SMILES string of the molecule is CNCc1ccc(OC)cc1OCCS(C)(=O)=O. The summed E-state index contributed by atoms with van der Waals surface area (Å²) in [6.45, 7) is 0.793. The fourth-order valence-corrected chi connectivity index (χ4v) is 1.82. The molecule has 0 amide bonds. The normalized spacial score (nSPS) is 11.3. The maximum absolute atomic E-state index is 11.0. The summed E-state index contributed by atoms with van der Waals surface area (Å²) in [5.74, 6) is 1.33. The molecule has 0 aromatic heterocycles. The first-order valence-electron chi connectivity index (χ1n) is 5.58. The summed E-state index contributed by atoms with van der Waals surface area (Å²) >= 11 is 0. The summed E-state index contributed by atoms with van der Waals surface area (Å²) in [6, 6.07) is 5.50. The van der Waals surface area contributed by atoms with Crippen LogP contribution in [0.1, 0.15) is 5.56 Å². The zero-order chi connectivity index (χ0) is 13.6. The second-order valence-corrected chi connectivity index (χ2v) is 6.24. The van der Waals surface area contributed by atoms with Crippen molar-refractivity contribution >= 4 is 9.84 Å². The molecule has 1 aromatic rings. The standard InChI is InChI=1S/C12H19NO4S/c1-13-9-10-4-5-11(16-2)8-12(10)17-6-7-18(3,14)15/h4-5,8,13H,6-7,9H2,1-3H3. The number of hydrogen-bond acceptors (Lipinski definition) is 5. The van der Waals surface area contributed by atoms with Crippen molar-refractivity contribution in [2.24, 2.45) is 0 Å². The van der Waals surface area contributed by atoms with Gasteiger partial charge in [-0.05, 0) is 13.1 Å². The highest BCUT2D eigenvalue weighted by Gasteiger charge is 2.07. The minimum absolute atomic E-state index is 0.00318. The Labute approximate surface area is 108 Å². The Bertz CT molecular complexity index is 485. The molecular formula is C12H19NO4S. The van der Waals surface area contributed by atoms with E-state index in [4.69, 9.17) is 9.47 Å². The van der Waals surface area contributed by atoms with Crippen molar-refractivity contribution < 1.29 is 17.9 Å². The third kappa shape index (κ3) is 4.93. The van der Waals surface area contributed by atoms with E-state index in [1.54, 1.807) is 13.2 Å². The lowest BCUT2D eigenvalue weighted by Gasteiger charge is -2.12. The highest BCUT2D eigenvalue weighted by atomic mass is 32.2. The van der Waals surface area contributed by atoms with Gasteiger partial charge in [0.25, 0.3) is 0 Å². The molecule has 18 heavy (non-hydrogen) atoms. The van der Waals surface area contributed by atoms with Crippen molar-refractivity contribution in [3.8, 4) is 11.5 Å². The Hall–Kier alpha value is -1.27. The van der Waals surface area contributed by atoms with E-state index in [1.807, 2.05) is 19.2 Å². The van der Waals surface area contributed by atoms with Crippen LogP contribution in [0.3, 0.4) is 0 Å². The molecule has 5 nitrogen and oxygen atoms in total. The van der Waals surface area contributed by atoms with Crippen LogP contribution in [0.4, 0.5) is 0 Å². The average molecular weight is 273 g/mol. The highest BCUT2D eigenvalue weighted by molar-refractivity contribution is 7.90. The summed E-state index contributed by atoms with van der Waals surface area (Å²) in [5, 5.41) is 3.03. The number of benzene rings is 1. The smallest absolute Gasteiger partial charge is 0.150 e. The predicted molar refractivity (Wildman–Crippen MR) is 71.0 cm³/mol. The molecular weight excluding hydrogens is 254 g/mol. The van der Waals surface area contributed by atoms with Crippen molar-refractivity contribution in [2.45, 2.75) is 6.54 Å². The molecule has 0 heterocycles. The van der Waals surface area contributed by atoms with Gasteiger partial charge in [-0.1, -0.05) is 6.07 Å². The number of rotatable bonds is 7. The average Bonchev–Trinajstić information content (AvgIpc) is 2.30. The van der Waals surface area contributed by atoms with E-state index in [-0.39, 0.29) is 12.4 Å². The molecule has 0 saturated carbocycles. The molecule has 0 aliphatic heterocycles. The number of ether oxygens (including phenoxy) is 2. The van der Waals surface area contributed by atoms with Crippen LogP contribution in [0.5, 0.6) is 11.5 Å². The van der Waals surface area contributed by atoms with Gasteiger partial charge in [-0.25, -0.2) is 8.42 Å². The number of methoxy groups -OCH3 is 1. The van der Waals surface area contributed by atoms with Gasteiger partial charge in [0.1, 0.15) is 18.1 Å². The minimum Gasteiger partial charge on any atom is -0.497 e. The van der Waals surface area contributed by atoms with Gasteiger partial charge in [0.15, 0.2) is 9.84 Å². The number of hydrogen-bond donors (Lipinski definition) is 1. The Balaban J connectivity index is 2.77. The molecule has 0 bridgehead atoms. The van der Waals surface area contributed by atoms with Crippen LogP contribution >= 0.6 is 0 Å². The van der Waals surface area contributed by atoms with Gasteiger partial charge < -0.3 is 14.8 Å². The summed E-state index contributed by atoms with van der Waals surface area (Å²) in [7, 11) is 0.408. The Morgan fingerprint density at radius 3 is 2.61 bits per heavy atom. The van der Waals surface area contributed by atoms with Gasteiger partial charge in [0.2, 0.25) is 0 Å². The molecule has 102 valence electrons. The predicted octanol–water partition coefficient (Wildman–Crippen LogP) is 0.838. The third-order valence-corrected chi connectivity index (χ3v) is 3.26. The lowest BCUT2D eigenvalue weighted by Crippen LogP contribution is -2.14. The Morgan fingerprint density at radius 2 is 2.06 bits per heavy atom. The zero-order valence-corrected chi connectivity index (χ0v) is 11.7. The van der Waals surface area contributed by atoms with E-state index < -0.39 is 9.84 Å². The van der Waals surface area contributed by atoms with Crippen LogP contribution in [0.15, 0.2) is 18.2 Å². The summed E-state index contributed by atoms with van der Waals surface area (Å²) in [6.07, 6.45) is 1.19. The second kappa shape index (κ2) is 6.61. The molecule has 1 N–H and O–H groups in total. The highest BCUT2D eigenvalue weighted by Crippen LogP contribution is 2.24. The second-order valence-electron chi connectivity index (χ2n) is 3.98. The van der Waals surface area contributed by atoms with Crippen molar-refractivity contribution in [1.82, 2.24) is 5.32 Å². The maximum atomic E-state index is 11.0. The molecule has 0 spiro atoms. The van der Waals surface area contributed by atoms with E-state index in [0.717, 1.165) is 5.56 Å². The van der Waals surface area contributed by atoms with E-state index in [1.165, 1.54) is 6.26 Å². The van der Waals surface area contributed by atoms with Gasteiger partial charge in [0, 0.05) is 24.4 Å².